The molecule has 3 heteroatoms. The highest BCUT2D eigenvalue weighted by molar-refractivity contribution is 5.36. The number of halogens is 3. The molecule has 19 heavy (non-hydrogen) atoms. The van der Waals surface area contributed by atoms with Crippen molar-refractivity contribution in [1.82, 2.24) is 0 Å². The summed E-state index contributed by atoms with van der Waals surface area (Å²) < 4.78 is 40.0. The van der Waals surface area contributed by atoms with E-state index in [0.29, 0.717) is 24.0 Å². The molecule has 1 atom stereocenters. The van der Waals surface area contributed by atoms with Crippen LogP contribution in [0.4, 0.5) is 13.2 Å². The minimum Gasteiger partial charge on any atom is -0.170 e. The van der Waals surface area contributed by atoms with Gasteiger partial charge in [0, 0.05) is 0 Å². The van der Waals surface area contributed by atoms with Crippen LogP contribution in [0.2, 0.25) is 0 Å². The van der Waals surface area contributed by atoms with Gasteiger partial charge in [-0.25, -0.2) is 0 Å². The first-order chi connectivity index (χ1) is 8.88. The molecule has 0 spiro atoms. The molecule has 0 heterocycles. The van der Waals surface area contributed by atoms with Gasteiger partial charge in [0.15, 0.2) is 0 Å². The second kappa shape index (κ2) is 5.24. The van der Waals surface area contributed by atoms with Gasteiger partial charge in [-0.15, -0.1) is 0 Å². The summed E-state index contributed by atoms with van der Waals surface area (Å²) in [6, 6.07) is 6.64. The zero-order valence-electron chi connectivity index (χ0n) is 11.1. The van der Waals surface area contributed by atoms with Gasteiger partial charge in [-0.2, -0.15) is 13.2 Å². The Bertz CT molecular complexity index is 504. The molecule has 0 N–H and O–H groups in total. The van der Waals surface area contributed by atoms with E-state index in [1.807, 2.05) is 13.8 Å². The molecular formula is C16H17F3. The van der Waals surface area contributed by atoms with Gasteiger partial charge in [0.05, 0.1) is 0 Å². The van der Waals surface area contributed by atoms with E-state index in [4.69, 9.17) is 0 Å². The summed E-state index contributed by atoms with van der Waals surface area (Å²) in [5.74, 6) is -1.47. The van der Waals surface area contributed by atoms with Crippen LogP contribution in [0.3, 0.4) is 0 Å². The Morgan fingerprint density at radius 1 is 0.947 bits per heavy atom. The van der Waals surface area contributed by atoms with Gasteiger partial charge < -0.3 is 0 Å². The molecule has 1 aliphatic carbocycles. The van der Waals surface area contributed by atoms with E-state index in [1.165, 1.54) is 0 Å². The molecule has 0 amide bonds. The molecule has 0 radical (unpaired) electrons. The lowest BCUT2D eigenvalue weighted by Gasteiger charge is -2.25. The molecule has 0 saturated carbocycles. The van der Waals surface area contributed by atoms with Gasteiger partial charge in [-0.05, 0) is 32.3 Å². The maximum absolute atomic E-state index is 13.3. The van der Waals surface area contributed by atoms with Crippen molar-refractivity contribution in [2.75, 3.05) is 0 Å². The number of aryl methyl sites for hydroxylation is 1. The Balaban J connectivity index is 2.40. The molecule has 1 aromatic carbocycles. The fourth-order valence-electron chi connectivity index (χ4n) is 2.37. The minimum absolute atomic E-state index is 0.331. The largest absolute Gasteiger partial charge is 0.399 e. The molecule has 0 saturated heterocycles. The maximum atomic E-state index is 13.3. The number of allylic oxidation sites excluding steroid dienone is 4. The van der Waals surface area contributed by atoms with Crippen molar-refractivity contribution in [3.63, 3.8) is 0 Å². The molecule has 0 aromatic heterocycles. The van der Waals surface area contributed by atoms with Crippen molar-refractivity contribution >= 4 is 0 Å². The topological polar surface area (TPSA) is 0 Å². The van der Waals surface area contributed by atoms with Crippen LogP contribution >= 0.6 is 0 Å². The molecule has 0 fully saturated rings. The lowest BCUT2D eigenvalue weighted by Crippen LogP contribution is -2.23. The lowest BCUT2D eigenvalue weighted by atomic mass is 9.84. The van der Waals surface area contributed by atoms with Crippen LogP contribution in [0.5, 0.6) is 0 Å². The van der Waals surface area contributed by atoms with E-state index in [-0.39, 0.29) is 0 Å². The van der Waals surface area contributed by atoms with Crippen LogP contribution in [0, 0.1) is 6.92 Å². The summed E-state index contributed by atoms with van der Waals surface area (Å²) in [5.41, 5.74) is 2.89. The zero-order valence-corrected chi connectivity index (χ0v) is 11.1. The predicted molar refractivity (Wildman–Crippen MR) is 71.0 cm³/mol. The highest BCUT2D eigenvalue weighted by Crippen LogP contribution is 2.43. The van der Waals surface area contributed by atoms with Crippen LogP contribution in [-0.2, 0) is 0 Å². The summed E-state index contributed by atoms with van der Waals surface area (Å²) in [6.07, 6.45) is 0.396. The number of rotatable bonds is 2. The third-order valence-electron chi connectivity index (χ3n) is 3.50. The van der Waals surface area contributed by atoms with Gasteiger partial charge in [-0.1, -0.05) is 53.1 Å². The van der Waals surface area contributed by atoms with Gasteiger partial charge >= 0.3 is 6.18 Å². The quantitative estimate of drug-likeness (QED) is 0.680. The molecular weight excluding hydrogens is 249 g/mol. The van der Waals surface area contributed by atoms with Crippen molar-refractivity contribution in [3.05, 3.63) is 58.7 Å². The van der Waals surface area contributed by atoms with Crippen molar-refractivity contribution < 1.29 is 13.2 Å². The highest BCUT2D eigenvalue weighted by atomic mass is 19.4. The van der Waals surface area contributed by atoms with Gasteiger partial charge in [0.2, 0.25) is 0 Å². The van der Waals surface area contributed by atoms with Gasteiger partial charge in [0.1, 0.15) is 5.92 Å². The molecule has 1 aliphatic rings. The van der Waals surface area contributed by atoms with E-state index in [9.17, 15) is 13.2 Å². The standard InChI is InChI=1S/C16H17F3/c1-11-3-7-13(8-4-11)15(16(17,18)19)14-9-5-12(2)6-10-14/h3-5,7-9,15H,6,10H2,1-2H3. The average molecular weight is 266 g/mol. The lowest BCUT2D eigenvalue weighted by molar-refractivity contribution is -0.142. The second-order valence-electron chi connectivity index (χ2n) is 5.14. The fraction of sp³-hybridized carbons (Fsp3) is 0.375. The Morgan fingerprint density at radius 2 is 1.58 bits per heavy atom. The van der Waals surface area contributed by atoms with Crippen molar-refractivity contribution in [3.8, 4) is 0 Å². The van der Waals surface area contributed by atoms with Crippen LogP contribution in [0.25, 0.3) is 0 Å². The first kappa shape index (κ1) is 13.9. The number of hydrogen-bond acceptors (Lipinski definition) is 0. The van der Waals surface area contributed by atoms with Crippen molar-refractivity contribution in [2.45, 2.75) is 38.8 Å². The highest BCUT2D eigenvalue weighted by Gasteiger charge is 2.42. The number of hydrogen-bond donors (Lipinski definition) is 0. The second-order valence-corrected chi connectivity index (χ2v) is 5.14. The Hall–Kier alpha value is -1.51. The van der Waals surface area contributed by atoms with E-state index in [0.717, 1.165) is 11.1 Å². The van der Waals surface area contributed by atoms with Gasteiger partial charge in [-0.3, -0.25) is 0 Å². The number of benzene rings is 1. The minimum atomic E-state index is -4.24. The summed E-state index contributed by atoms with van der Waals surface area (Å²) in [4.78, 5) is 0. The van der Waals surface area contributed by atoms with E-state index in [2.05, 4.69) is 0 Å². The molecule has 1 aromatic rings. The van der Waals surface area contributed by atoms with E-state index >= 15 is 0 Å². The Morgan fingerprint density at radius 3 is 2.05 bits per heavy atom. The summed E-state index contributed by atoms with van der Waals surface area (Å²) in [7, 11) is 0. The van der Waals surface area contributed by atoms with Crippen LogP contribution in [0.15, 0.2) is 47.6 Å². The summed E-state index contributed by atoms with van der Waals surface area (Å²) in [6.45, 7) is 3.82. The SMILES string of the molecule is CC1=CC=C(C(c2ccc(C)cc2)C(F)(F)F)CC1. The van der Waals surface area contributed by atoms with E-state index < -0.39 is 12.1 Å². The zero-order chi connectivity index (χ0) is 14.0. The number of alkyl halides is 3. The molecule has 0 nitrogen and oxygen atoms in total. The van der Waals surface area contributed by atoms with Gasteiger partial charge in [0.25, 0.3) is 0 Å². The average Bonchev–Trinajstić information content (AvgIpc) is 2.33. The smallest absolute Gasteiger partial charge is 0.170 e. The first-order valence-corrected chi connectivity index (χ1v) is 6.37. The Labute approximate surface area is 111 Å². The predicted octanol–water partition coefficient (Wildman–Crippen LogP) is 5.31. The van der Waals surface area contributed by atoms with Crippen LogP contribution < -0.4 is 0 Å². The summed E-state index contributed by atoms with van der Waals surface area (Å²) >= 11 is 0. The maximum Gasteiger partial charge on any atom is 0.399 e. The first-order valence-electron chi connectivity index (χ1n) is 6.37. The molecule has 2 rings (SSSR count). The van der Waals surface area contributed by atoms with Crippen LogP contribution in [-0.4, -0.2) is 6.18 Å². The molecule has 102 valence electrons. The monoisotopic (exact) mass is 266 g/mol. The third-order valence-corrected chi connectivity index (χ3v) is 3.50. The molecule has 0 bridgehead atoms. The normalized spacial score (nSPS) is 17.7. The fourth-order valence-corrected chi connectivity index (χ4v) is 2.37. The summed E-state index contributed by atoms with van der Waals surface area (Å²) in [5, 5.41) is 0. The van der Waals surface area contributed by atoms with E-state index in [1.54, 1.807) is 36.4 Å². The third kappa shape index (κ3) is 3.28. The van der Waals surface area contributed by atoms with Crippen molar-refractivity contribution in [1.29, 1.82) is 0 Å². The van der Waals surface area contributed by atoms with Crippen molar-refractivity contribution in [2.24, 2.45) is 0 Å². The Kier molecular flexibility index (Phi) is 3.83. The molecule has 1 unspecified atom stereocenters. The molecule has 0 aliphatic heterocycles. The van der Waals surface area contributed by atoms with Crippen LogP contribution in [0.1, 0.15) is 36.8 Å².